The summed E-state index contributed by atoms with van der Waals surface area (Å²) in [6, 6.07) is 7.05. The maximum absolute atomic E-state index is 12.2. The van der Waals surface area contributed by atoms with Gasteiger partial charge in [-0.05, 0) is 48.9 Å². The molecule has 0 radical (unpaired) electrons. The normalized spacial score (nSPS) is 16.0. The lowest BCUT2D eigenvalue weighted by molar-refractivity contribution is -0.118. The van der Waals surface area contributed by atoms with Gasteiger partial charge in [-0.3, -0.25) is 4.79 Å². The van der Waals surface area contributed by atoms with E-state index >= 15 is 0 Å². The Bertz CT molecular complexity index is 857. The van der Waals surface area contributed by atoms with Crippen LogP contribution in [-0.2, 0) is 17.6 Å². The molecule has 0 fully saturated rings. The lowest BCUT2D eigenvalue weighted by Crippen LogP contribution is -2.20. The minimum atomic E-state index is -0.325. The first-order valence-corrected chi connectivity index (χ1v) is 9.47. The van der Waals surface area contributed by atoms with Crippen molar-refractivity contribution in [3.8, 4) is 11.8 Å². The third-order valence-electron chi connectivity index (χ3n) is 4.12. The Morgan fingerprint density at radius 3 is 3.00 bits per heavy atom. The fourth-order valence-corrected chi connectivity index (χ4v) is 4.54. The van der Waals surface area contributed by atoms with Crippen LogP contribution in [0.3, 0.4) is 0 Å². The summed E-state index contributed by atoms with van der Waals surface area (Å²) < 4.78 is 5.44. The Morgan fingerprint density at radius 1 is 1.48 bits per heavy atom. The van der Waals surface area contributed by atoms with Gasteiger partial charge in [0, 0.05) is 9.90 Å². The zero-order valence-corrected chi connectivity index (χ0v) is 15.9. The Hall–Kier alpha value is -1.74. The maximum atomic E-state index is 12.2. The van der Waals surface area contributed by atoms with Crippen molar-refractivity contribution >= 4 is 45.4 Å². The van der Waals surface area contributed by atoms with Gasteiger partial charge in [-0.1, -0.05) is 30.1 Å². The summed E-state index contributed by atoms with van der Waals surface area (Å²) >= 11 is 13.3. The number of carbonyl (C=O) groups is 1. The van der Waals surface area contributed by atoms with E-state index in [0.717, 1.165) is 24.8 Å². The number of nitrogens with one attached hydrogen (secondary N) is 1. The van der Waals surface area contributed by atoms with Gasteiger partial charge in [0.15, 0.2) is 6.61 Å². The molecule has 1 amide bonds. The van der Waals surface area contributed by atoms with E-state index in [2.05, 4.69) is 18.3 Å². The van der Waals surface area contributed by atoms with E-state index in [1.165, 1.54) is 16.2 Å². The molecule has 1 atom stereocenters. The highest BCUT2D eigenvalue weighted by atomic mass is 35.5. The van der Waals surface area contributed by atoms with Crippen molar-refractivity contribution in [2.45, 2.75) is 26.2 Å². The standard InChI is InChI=1S/C18H16Cl2N2O2S/c1-10-2-5-16-12(6-10)13(8-21)18(25-16)22-17(23)9-24-15-4-3-11(19)7-14(15)20/h3-4,7,10H,2,5-6,9H2,1H3,(H,22,23). The predicted molar refractivity (Wildman–Crippen MR) is 101 cm³/mol. The average molecular weight is 395 g/mol. The van der Waals surface area contributed by atoms with Crippen LogP contribution >= 0.6 is 34.5 Å². The van der Waals surface area contributed by atoms with Crippen LogP contribution in [-0.4, -0.2) is 12.5 Å². The molecule has 0 spiro atoms. The molecule has 1 aliphatic carbocycles. The molecule has 1 unspecified atom stereocenters. The molecule has 1 aromatic heterocycles. The number of benzene rings is 1. The van der Waals surface area contributed by atoms with Crippen molar-refractivity contribution < 1.29 is 9.53 Å². The number of aryl methyl sites for hydroxylation is 1. The van der Waals surface area contributed by atoms with Gasteiger partial charge in [0.25, 0.3) is 5.91 Å². The number of fused-ring (bicyclic) bond motifs is 1. The minimum absolute atomic E-state index is 0.189. The van der Waals surface area contributed by atoms with Crippen molar-refractivity contribution in [2.75, 3.05) is 11.9 Å². The molecule has 130 valence electrons. The van der Waals surface area contributed by atoms with Crippen molar-refractivity contribution in [3.63, 3.8) is 0 Å². The van der Waals surface area contributed by atoms with Crippen molar-refractivity contribution in [1.82, 2.24) is 0 Å². The van der Waals surface area contributed by atoms with Gasteiger partial charge in [-0.25, -0.2) is 0 Å². The zero-order chi connectivity index (χ0) is 18.0. The number of hydrogen-bond acceptors (Lipinski definition) is 4. The molecule has 0 aliphatic heterocycles. The fraction of sp³-hybridized carbons (Fsp3) is 0.333. The van der Waals surface area contributed by atoms with E-state index in [1.54, 1.807) is 18.2 Å². The van der Waals surface area contributed by atoms with E-state index < -0.39 is 0 Å². The largest absolute Gasteiger partial charge is 0.482 e. The number of rotatable bonds is 4. The van der Waals surface area contributed by atoms with Gasteiger partial charge < -0.3 is 10.1 Å². The van der Waals surface area contributed by atoms with Crippen molar-refractivity contribution in [1.29, 1.82) is 5.26 Å². The van der Waals surface area contributed by atoms with Crippen molar-refractivity contribution in [2.24, 2.45) is 5.92 Å². The van der Waals surface area contributed by atoms with Crippen molar-refractivity contribution in [3.05, 3.63) is 44.2 Å². The first-order valence-electron chi connectivity index (χ1n) is 7.90. The SMILES string of the molecule is CC1CCc2sc(NC(=O)COc3ccc(Cl)cc3Cl)c(C#N)c2C1. The summed E-state index contributed by atoms with van der Waals surface area (Å²) in [7, 11) is 0. The number of anilines is 1. The van der Waals surface area contributed by atoms with Crippen LogP contribution in [0.4, 0.5) is 5.00 Å². The summed E-state index contributed by atoms with van der Waals surface area (Å²) in [5.74, 6) is 0.628. The molecular formula is C18H16Cl2N2O2S. The summed E-state index contributed by atoms with van der Waals surface area (Å²) in [4.78, 5) is 13.4. The number of carbonyl (C=O) groups excluding carboxylic acids is 1. The molecule has 0 saturated carbocycles. The second kappa shape index (κ2) is 7.65. The average Bonchev–Trinajstić information content (AvgIpc) is 2.90. The van der Waals surface area contributed by atoms with Crippen LogP contribution in [0, 0.1) is 17.2 Å². The topological polar surface area (TPSA) is 62.1 Å². The molecule has 1 aliphatic rings. The van der Waals surface area contributed by atoms with Gasteiger partial charge in [-0.2, -0.15) is 5.26 Å². The molecule has 4 nitrogen and oxygen atoms in total. The van der Waals surface area contributed by atoms with Crippen LogP contribution in [0.25, 0.3) is 0 Å². The lowest BCUT2D eigenvalue weighted by atomic mass is 9.88. The van der Waals surface area contributed by atoms with Crippen LogP contribution in [0.1, 0.15) is 29.3 Å². The van der Waals surface area contributed by atoms with Crippen LogP contribution in [0.5, 0.6) is 5.75 Å². The Morgan fingerprint density at radius 2 is 2.28 bits per heavy atom. The lowest BCUT2D eigenvalue weighted by Gasteiger charge is -2.17. The summed E-state index contributed by atoms with van der Waals surface area (Å²) in [6.07, 6.45) is 2.97. The molecule has 0 bridgehead atoms. The third-order valence-corrected chi connectivity index (χ3v) is 5.86. The molecule has 1 heterocycles. The van der Waals surface area contributed by atoms with Crippen LogP contribution in [0.15, 0.2) is 18.2 Å². The van der Waals surface area contributed by atoms with E-state index in [9.17, 15) is 10.1 Å². The van der Waals surface area contributed by atoms with Gasteiger partial charge in [0.2, 0.25) is 0 Å². The smallest absolute Gasteiger partial charge is 0.262 e. The van der Waals surface area contributed by atoms with Crippen LogP contribution < -0.4 is 10.1 Å². The Kier molecular flexibility index (Phi) is 5.53. The summed E-state index contributed by atoms with van der Waals surface area (Å²) in [5.41, 5.74) is 1.67. The molecule has 3 rings (SSSR count). The fourth-order valence-electron chi connectivity index (χ4n) is 2.86. The minimum Gasteiger partial charge on any atom is -0.482 e. The number of ether oxygens (including phenoxy) is 1. The van der Waals surface area contributed by atoms with Gasteiger partial charge >= 0.3 is 0 Å². The molecular weight excluding hydrogens is 379 g/mol. The Balaban J connectivity index is 1.68. The third kappa shape index (κ3) is 4.09. The highest BCUT2D eigenvalue weighted by Gasteiger charge is 2.24. The van der Waals surface area contributed by atoms with Crippen LogP contribution in [0.2, 0.25) is 10.0 Å². The molecule has 25 heavy (non-hydrogen) atoms. The molecule has 2 aromatic rings. The number of thiophene rings is 1. The predicted octanol–water partition coefficient (Wildman–Crippen LogP) is 5.07. The van der Waals surface area contributed by atoms with E-state index in [0.29, 0.717) is 32.3 Å². The molecule has 0 saturated heterocycles. The molecule has 1 N–H and O–H groups in total. The summed E-state index contributed by atoms with van der Waals surface area (Å²) in [6.45, 7) is 1.99. The number of amides is 1. The molecule has 1 aromatic carbocycles. The van der Waals surface area contributed by atoms with E-state index in [4.69, 9.17) is 27.9 Å². The number of hydrogen-bond donors (Lipinski definition) is 1. The highest BCUT2D eigenvalue weighted by Crippen LogP contribution is 2.39. The Labute approximate surface area is 160 Å². The van der Waals surface area contributed by atoms with E-state index in [-0.39, 0.29) is 12.5 Å². The highest BCUT2D eigenvalue weighted by molar-refractivity contribution is 7.16. The summed E-state index contributed by atoms with van der Waals surface area (Å²) in [5, 5.41) is 13.7. The number of nitrogens with zero attached hydrogens (tertiary/aromatic N) is 1. The number of halogens is 2. The van der Waals surface area contributed by atoms with E-state index in [1.807, 2.05) is 0 Å². The monoisotopic (exact) mass is 394 g/mol. The quantitative estimate of drug-likeness (QED) is 0.786. The van der Waals surface area contributed by atoms with Gasteiger partial charge in [0.05, 0.1) is 10.6 Å². The first-order chi connectivity index (χ1) is 12.0. The van der Waals surface area contributed by atoms with Gasteiger partial charge in [-0.15, -0.1) is 11.3 Å². The second-order valence-corrected chi connectivity index (χ2v) is 8.03. The van der Waals surface area contributed by atoms with Gasteiger partial charge in [0.1, 0.15) is 16.8 Å². The zero-order valence-electron chi connectivity index (χ0n) is 13.6. The maximum Gasteiger partial charge on any atom is 0.262 e. The first kappa shape index (κ1) is 18.1. The number of nitriles is 1. The second-order valence-electron chi connectivity index (χ2n) is 6.08. The molecule has 7 heteroatoms.